The second kappa shape index (κ2) is 5.05. The molecule has 1 aliphatic heterocycles. The highest BCUT2D eigenvalue weighted by molar-refractivity contribution is 4.86. The highest BCUT2D eigenvalue weighted by atomic mass is 15.2. The fraction of sp³-hybridized carbons (Fsp3) is 1.00. The highest BCUT2D eigenvalue weighted by Crippen LogP contribution is 2.28. The molecule has 1 N–H and O–H groups in total. The van der Waals surface area contributed by atoms with E-state index in [1.165, 1.54) is 51.7 Å². The molecule has 1 heterocycles. The van der Waals surface area contributed by atoms with E-state index in [1.54, 1.807) is 0 Å². The quantitative estimate of drug-likeness (QED) is 0.793. The normalized spacial score (nSPS) is 29.1. The summed E-state index contributed by atoms with van der Waals surface area (Å²) in [6.45, 7) is 10.7. The van der Waals surface area contributed by atoms with Gasteiger partial charge in [-0.15, -0.1) is 0 Å². The first kappa shape index (κ1) is 12.4. The van der Waals surface area contributed by atoms with Crippen molar-refractivity contribution < 1.29 is 0 Å². The third-order valence-electron chi connectivity index (χ3n) is 4.08. The lowest BCUT2D eigenvalue weighted by Gasteiger charge is -2.25. The number of hydrogen-bond donors (Lipinski definition) is 1. The number of rotatable bonds is 3. The molecule has 1 unspecified atom stereocenters. The third kappa shape index (κ3) is 3.46. The van der Waals surface area contributed by atoms with Gasteiger partial charge in [0.25, 0.3) is 0 Å². The summed E-state index contributed by atoms with van der Waals surface area (Å²) in [6.07, 6.45) is 7.25. The summed E-state index contributed by atoms with van der Waals surface area (Å²) in [4.78, 5) is 2.75. The van der Waals surface area contributed by atoms with Crippen LogP contribution in [0.15, 0.2) is 0 Å². The van der Waals surface area contributed by atoms with Gasteiger partial charge in [0.15, 0.2) is 0 Å². The van der Waals surface area contributed by atoms with Crippen LogP contribution in [0.25, 0.3) is 0 Å². The zero-order valence-corrected chi connectivity index (χ0v) is 11.3. The molecule has 1 saturated heterocycles. The first-order valence-corrected chi connectivity index (χ1v) is 7.04. The first-order valence-electron chi connectivity index (χ1n) is 7.04. The zero-order valence-electron chi connectivity index (χ0n) is 11.3. The molecule has 2 nitrogen and oxygen atoms in total. The van der Waals surface area contributed by atoms with Crippen molar-refractivity contribution in [2.45, 2.75) is 64.5 Å². The standard InChI is InChI=1S/C14H28N2/c1-14(2,3)15-10-12-8-9-16(11-12)13-6-4-5-7-13/h12-13,15H,4-11H2,1-3H3. The minimum atomic E-state index is 0.279. The van der Waals surface area contributed by atoms with Gasteiger partial charge in [0.2, 0.25) is 0 Å². The molecule has 0 bridgehead atoms. The van der Waals surface area contributed by atoms with E-state index >= 15 is 0 Å². The monoisotopic (exact) mass is 224 g/mol. The predicted octanol–water partition coefficient (Wildman–Crippen LogP) is 2.64. The Kier molecular flexibility index (Phi) is 3.91. The number of hydrogen-bond acceptors (Lipinski definition) is 2. The van der Waals surface area contributed by atoms with Gasteiger partial charge in [-0.25, -0.2) is 0 Å². The fourth-order valence-electron chi connectivity index (χ4n) is 3.08. The van der Waals surface area contributed by atoms with Gasteiger partial charge in [0, 0.05) is 18.1 Å². The number of nitrogens with zero attached hydrogens (tertiary/aromatic N) is 1. The van der Waals surface area contributed by atoms with Crippen molar-refractivity contribution in [3.05, 3.63) is 0 Å². The maximum atomic E-state index is 3.65. The lowest BCUT2D eigenvalue weighted by molar-refractivity contribution is 0.234. The lowest BCUT2D eigenvalue weighted by atomic mass is 10.1. The largest absolute Gasteiger partial charge is 0.312 e. The minimum Gasteiger partial charge on any atom is -0.312 e. The third-order valence-corrected chi connectivity index (χ3v) is 4.08. The van der Waals surface area contributed by atoms with Crippen LogP contribution in [0, 0.1) is 5.92 Å². The van der Waals surface area contributed by atoms with Gasteiger partial charge in [-0.3, -0.25) is 0 Å². The maximum Gasteiger partial charge on any atom is 0.00966 e. The van der Waals surface area contributed by atoms with Crippen molar-refractivity contribution in [2.75, 3.05) is 19.6 Å². The van der Waals surface area contributed by atoms with Crippen molar-refractivity contribution >= 4 is 0 Å². The Hall–Kier alpha value is -0.0800. The molecular weight excluding hydrogens is 196 g/mol. The van der Waals surface area contributed by atoms with E-state index in [2.05, 4.69) is 31.0 Å². The summed E-state index contributed by atoms with van der Waals surface area (Å²) < 4.78 is 0. The molecule has 0 spiro atoms. The second-order valence-electron chi connectivity index (χ2n) is 6.72. The number of likely N-dealkylation sites (tertiary alicyclic amines) is 1. The molecule has 0 amide bonds. The van der Waals surface area contributed by atoms with Gasteiger partial charge in [0.1, 0.15) is 0 Å². The molecule has 2 rings (SSSR count). The van der Waals surface area contributed by atoms with Crippen molar-refractivity contribution in [1.82, 2.24) is 10.2 Å². The smallest absolute Gasteiger partial charge is 0.00966 e. The summed E-state index contributed by atoms with van der Waals surface area (Å²) in [6, 6.07) is 0.930. The Morgan fingerprint density at radius 2 is 1.81 bits per heavy atom. The Bertz CT molecular complexity index is 213. The summed E-state index contributed by atoms with van der Waals surface area (Å²) in [7, 11) is 0. The van der Waals surface area contributed by atoms with Crippen molar-refractivity contribution in [3.63, 3.8) is 0 Å². The van der Waals surface area contributed by atoms with Gasteiger partial charge in [-0.1, -0.05) is 12.8 Å². The van der Waals surface area contributed by atoms with Crippen LogP contribution in [0.4, 0.5) is 0 Å². The molecular formula is C14H28N2. The molecule has 0 aromatic rings. The van der Waals surface area contributed by atoms with E-state index in [0.717, 1.165) is 12.0 Å². The molecule has 94 valence electrons. The van der Waals surface area contributed by atoms with Crippen LogP contribution in [-0.2, 0) is 0 Å². The topological polar surface area (TPSA) is 15.3 Å². The molecule has 1 atom stereocenters. The lowest BCUT2D eigenvalue weighted by Crippen LogP contribution is -2.40. The SMILES string of the molecule is CC(C)(C)NCC1CCN(C2CCCC2)C1. The summed E-state index contributed by atoms with van der Waals surface area (Å²) in [5.41, 5.74) is 0.279. The molecule has 0 radical (unpaired) electrons. The molecule has 2 fully saturated rings. The minimum absolute atomic E-state index is 0.279. The zero-order chi connectivity index (χ0) is 11.6. The van der Waals surface area contributed by atoms with Crippen molar-refractivity contribution in [1.29, 1.82) is 0 Å². The van der Waals surface area contributed by atoms with E-state index < -0.39 is 0 Å². The van der Waals surface area contributed by atoms with Gasteiger partial charge >= 0.3 is 0 Å². The fourth-order valence-corrected chi connectivity index (χ4v) is 3.08. The second-order valence-corrected chi connectivity index (χ2v) is 6.72. The van der Waals surface area contributed by atoms with Crippen LogP contribution in [0.1, 0.15) is 52.9 Å². The first-order chi connectivity index (χ1) is 7.54. The Morgan fingerprint density at radius 1 is 1.12 bits per heavy atom. The maximum absolute atomic E-state index is 3.65. The van der Waals surface area contributed by atoms with Crippen molar-refractivity contribution in [2.24, 2.45) is 5.92 Å². The van der Waals surface area contributed by atoms with Gasteiger partial charge in [-0.05, 0) is 59.0 Å². The van der Waals surface area contributed by atoms with Gasteiger partial charge < -0.3 is 10.2 Å². The highest BCUT2D eigenvalue weighted by Gasteiger charge is 2.30. The number of nitrogens with one attached hydrogen (secondary N) is 1. The van der Waals surface area contributed by atoms with Crippen LogP contribution in [0.5, 0.6) is 0 Å². The molecule has 2 heteroatoms. The molecule has 1 saturated carbocycles. The van der Waals surface area contributed by atoms with Crippen LogP contribution in [0.2, 0.25) is 0 Å². The molecule has 2 aliphatic rings. The average Bonchev–Trinajstić information content (AvgIpc) is 2.84. The van der Waals surface area contributed by atoms with Gasteiger partial charge in [0.05, 0.1) is 0 Å². The van der Waals surface area contributed by atoms with E-state index in [9.17, 15) is 0 Å². The molecule has 16 heavy (non-hydrogen) atoms. The Balaban J connectivity index is 1.71. The molecule has 1 aliphatic carbocycles. The Labute approximate surface area is 101 Å². The molecule has 0 aromatic carbocycles. The Morgan fingerprint density at radius 3 is 2.44 bits per heavy atom. The van der Waals surface area contributed by atoms with E-state index in [-0.39, 0.29) is 5.54 Å². The van der Waals surface area contributed by atoms with Crippen LogP contribution in [-0.4, -0.2) is 36.1 Å². The van der Waals surface area contributed by atoms with Crippen LogP contribution < -0.4 is 5.32 Å². The summed E-state index contributed by atoms with van der Waals surface area (Å²) >= 11 is 0. The molecule has 0 aromatic heterocycles. The van der Waals surface area contributed by atoms with E-state index in [4.69, 9.17) is 0 Å². The van der Waals surface area contributed by atoms with E-state index in [1.807, 2.05) is 0 Å². The summed E-state index contributed by atoms with van der Waals surface area (Å²) in [5.74, 6) is 0.889. The predicted molar refractivity (Wildman–Crippen MR) is 69.7 cm³/mol. The van der Waals surface area contributed by atoms with Crippen molar-refractivity contribution in [3.8, 4) is 0 Å². The van der Waals surface area contributed by atoms with Gasteiger partial charge in [-0.2, -0.15) is 0 Å². The average molecular weight is 224 g/mol. The van der Waals surface area contributed by atoms with Crippen LogP contribution in [0.3, 0.4) is 0 Å². The summed E-state index contributed by atoms with van der Waals surface area (Å²) in [5, 5.41) is 3.65. The van der Waals surface area contributed by atoms with E-state index in [0.29, 0.717) is 0 Å². The van der Waals surface area contributed by atoms with Crippen LogP contribution >= 0.6 is 0 Å².